The molecule has 0 amide bonds. The van der Waals surface area contributed by atoms with Crippen molar-refractivity contribution in [3.8, 4) is 0 Å². The Balaban J connectivity index is 1.97. The van der Waals surface area contributed by atoms with Gasteiger partial charge in [-0.2, -0.15) is 4.31 Å². The Morgan fingerprint density at radius 2 is 1.92 bits per heavy atom. The van der Waals surface area contributed by atoms with Crippen molar-refractivity contribution < 1.29 is 27.2 Å². The lowest BCUT2D eigenvalue weighted by atomic mass is 10.2. The molecule has 0 bridgehead atoms. The standard InChI is InChI=1S/C16H22ClFN2O4S/c1-16(2,3)24-15(21)11-19-6-8-20(9-7-19)25(22,23)12-4-5-14(18)13(17)10-12/h4-5,10H,6-9,11H2,1-3H3/p+1. The van der Waals surface area contributed by atoms with Gasteiger partial charge in [-0.25, -0.2) is 17.6 Å². The van der Waals surface area contributed by atoms with Crippen molar-refractivity contribution in [2.45, 2.75) is 31.3 Å². The second kappa shape index (κ2) is 7.57. The number of nitrogens with one attached hydrogen (secondary N) is 1. The summed E-state index contributed by atoms with van der Waals surface area (Å²) in [5.74, 6) is -0.962. The number of nitrogens with zero attached hydrogens (tertiary/aromatic N) is 1. The van der Waals surface area contributed by atoms with E-state index in [4.69, 9.17) is 16.3 Å². The summed E-state index contributed by atoms with van der Waals surface area (Å²) in [7, 11) is -3.73. The molecule has 1 N–H and O–H groups in total. The lowest BCUT2D eigenvalue weighted by molar-refractivity contribution is -0.896. The summed E-state index contributed by atoms with van der Waals surface area (Å²) in [4.78, 5) is 12.8. The molecule has 0 unspecified atom stereocenters. The Morgan fingerprint density at radius 1 is 1.32 bits per heavy atom. The quantitative estimate of drug-likeness (QED) is 0.765. The van der Waals surface area contributed by atoms with Crippen LogP contribution in [-0.4, -0.2) is 57.0 Å². The van der Waals surface area contributed by atoms with E-state index < -0.39 is 21.4 Å². The molecule has 25 heavy (non-hydrogen) atoms. The average molecular weight is 394 g/mol. The summed E-state index contributed by atoms with van der Waals surface area (Å²) in [6.07, 6.45) is 0. The van der Waals surface area contributed by atoms with Gasteiger partial charge >= 0.3 is 5.97 Å². The third kappa shape index (κ3) is 5.37. The van der Waals surface area contributed by atoms with Gasteiger partial charge in [-0.1, -0.05) is 11.6 Å². The first kappa shape index (κ1) is 20.1. The Bertz CT molecular complexity index is 741. The molecule has 0 atom stereocenters. The molecular formula is C16H23ClFN2O4S+. The number of ether oxygens (including phenoxy) is 1. The number of halogens is 2. The molecule has 6 nitrogen and oxygen atoms in total. The summed E-state index contributed by atoms with van der Waals surface area (Å²) in [6.45, 7) is 7.15. The van der Waals surface area contributed by atoms with Crippen LogP contribution in [0.15, 0.2) is 23.1 Å². The highest BCUT2D eigenvalue weighted by molar-refractivity contribution is 7.89. The fraction of sp³-hybridized carbons (Fsp3) is 0.562. The van der Waals surface area contributed by atoms with E-state index in [1.54, 1.807) is 20.8 Å². The van der Waals surface area contributed by atoms with Crippen molar-refractivity contribution in [3.05, 3.63) is 29.0 Å². The Hall–Kier alpha value is -1.22. The normalized spacial score (nSPS) is 17.5. The molecule has 0 saturated carbocycles. The van der Waals surface area contributed by atoms with Gasteiger partial charge in [0.1, 0.15) is 11.4 Å². The van der Waals surface area contributed by atoms with Crippen LogP contribution in [0.1, 0.15) is 20.8 Å². The minimum atomic E-state index is -3.73. The van der Waals surface area contributed by atoms with E-state index in [0.717, 1.165) is 17.0 Å². The summed E-state index contributed by atoms with van der Waals surface area (Å²) in [6, 6.07) is 3.36. The maximum Gasteiger partial charge on any atom is 0.362 e. The van der Waals surface area contributed by atoms with Crippen LogP contribution in [0.2, 0.25) is 5.02 Å². The molecule has 2 rings (SSSR count). The fourth-order valence-electron chi connectivity index (χ4n) is 2.59. The minimum Gasteiger partial charge on any atom is -0.456 e. The Labute approximate surface area is 152 Å². The van der Waals surface area contributed by atoms with Gasteiger partial charge in [-0.15, -0.1) is 0 Å². The van der Waals surface area contributed by atoms with Crippen LogP contribution in [0.5, 0.6) is 0 Å². The predicted octanol–water partition coefficient (Wildman–Crippen LogP) is 0.710. The van der Waals surface area contributed by atoms with Crippen molar-refractivity contribution in [1.82, 2.24) is 4.31 Å². The van der Waals surface area contributed by atoms with Crippen LogP contribution in [0, 0.1) is 5.82 Å². The zero-order valence-corrected chi connectivity index (χ0v) is 16.1. The second-order valence-electron chi connectivity index (χ2n) is 6.99. The van der Waals surface area contributed by atoms with E-state index in [-0.39, 0.29) is 35.5 Å². The van der Waals surface area contributed by atoms with E-state index in [0.29, 0.717) is 13.1 Å². The smallest absolute Gasteiger partial charge is 0.362 e. The van der Waals surface area contributed by atoms with Gasteiger partial charge < -0.3 is 9.64 Å². The van der Waals surface area contributed by atoms with Crippen LogP contribution >= 0.6 is 11.6 Å². The number of carbonyl (C=O) groups is 1. The third-order valence-electron chi connectivity index (χ3n) is 3.77. The number of hydrogen-bond donors (Lipinski definition) is 1. The highest BCUT2D eigenvalue weighted by Crippen LogP contribution is 2.22. The lowest BCUT2D eigenvalue weighted by Gasteiger charge is -2.31. The van der Waals surface area contributed by atoms with Gasteiger partial charge in [0.25, 0.3) is 0 Å². The number of rotatable bonds is 4. The highest BCUT2D eigenvalue weighted by atomic mass is 35.5. The Kier molecular flexibility index (Phi) is 6.09. The van der Waals surface area contributed by atoms with Gasteiger partial charge in [-0.05, 0) is 39.0 Å². The zero-order valence-electron chi connectivity index (χ0n) is 14.5. The maximum absolute atomic E-state index is 13.2. The highest BCUT2D eigenvalue weighted by Gasteiger charge is 2.32. The third-order valence-corrected chi connectivity index (χ3v) is 5.96. The van der Waals surface area contributed by atoms with Crippen LogP contribution in [0.25, 0.3) is 0 Å². The number of sulfonamides is 1. The van der Waals surface area contributed by atoms with E-state index in [1.165, 1.54) is 10.4 Å². The number of hydrogen-bond acceptors (Lipinski definition) is 4. The van der Waals surface area contributed by atoms with Crippen LogP contribution in [0.3, 0.4) is 0 Å². The summed E-state index contributed by atoms with van der Waals surface area (Å²) in [5, 5.41) is -0.227. The number of benzene rings is 1. The lowest BCUT2D eigenvalue weighted by Crippen LogP contribution is -3.15. The zero-order chi connectivity index (χ0) is 18.8. The van der Waals surface area contributed by atoms with E-state index >= 15 is 0 Å². The summed E-state index contributed by atoms with van der Waals surface area (Å²) >= 11 is 5.68. The first-order valence-corrected chi connectivity index (χ1v) is 9.81. The molecule has 140 valence electrons. The predicted molar refractivity (Wildman–Crippen MR) is 91.6 cm³/mol. The molecule has 0 radical (unpaired) electrons. The SMILES string of the molecule is CC(C)(C)OC(=O)C[NH+]1CCN(S(=O)(=O)c2ccc(F)c(Cl)c2)CC1. The number of piperazine rings is 1. The molecule has 1 saturated heterocycles. The van der Waals surface area contributed by atoms with Crippen molar-refractivity contribution in [2.24, 2.45) is 0 Å². The molecule has 0 aliphatic carbocycles. The first-order valence-electron chi connectivity index (χ1n) is 8.00. The monoisotopic (exact) mass is 393 g/mol. The van der Waals surface area contributed by atoms with Crippen molar-refractivity contribution in [1.29, 1.82) is 0 Å². The van der Waals surface area contributed by atoms with Crippen molar-refractivity contribution in [2.75, 3.05) is 32.7 Å². The van der Waals surface area contributed by atoms with Crippen molar-refractivity contribution in [3.63, 3.8) is 0 Å². The van der Waals surface area contributed by atoms with Crippen LogP contribution in [0.4, 0.5) is 4.39 Å². The molecule has 0 aromatic heterocycles. The van der Waals surface area contributed by atoms with Crippen LogP contribution in [-0.2, 0) is 19.6 Å². The molecule has 1 aliphatic rings. The van der Waals surface area contributed by atoms with E-state index in [1.807, 2.05) is 0 Å². The van der Waals surface area contributed by atoms with Gasteiger partial charge in [-0.3, -0.25) is 0 Å². The molecule has 1 aromatic rings. The maximum atomic E-state index is 13.2. The number of carbonyl (C=O) groups excluding carboxylic acids is 1. The topological polar surface area (TPSA) is 68.1 Å². The van der Waals surface area contributed by atoms with Crippen LogP contribution < -0.4 is 4.90 Å². The van der Waals surface area contributed by atoms with Gasteiger partial charge in [0.05, 0.1) is 36.1 Å². The molecule has 9 heteroatoms. The second-order valence-corrected chi connectivity index (χ2v) is 9.34. The molecular weight excluding hydrogens is 371 g/mol. The molecule has 0 spiro atoms. The van der Waals surface area contributed by atoms with Gasteiger partial charge in [0.15, 0.2) is 6.54 Å². The van der Waals surface area contributed by atoms with Gasteiger partial charge in [0, 0.05) is 0 Å². The number of quaternary nitrogens is 1. The first-order chi connectivity index (χ1) is 11.5. The van der Waals surface area contributed by atoms with Gasteiger partial charge in [0.2, 0.25) is 10.0 Å². The summed E-state index contributed by atoms with van der Waals surface area (Å²) in [5.41, 5.74) is -0.538. The van der Waals surface area contributed by atoms with E-state index in [2.05, 4.69) is 0 Å². The summed E-state index contributed by atoms with van der Waals surface area (Å²) < 4.78 is 45.1. The number of esters is 1. The fourth-order valence-corrected chi connectivity index (χ4v) is 4.30. The minimum absolute atomic E-state index is 0.0329. The largest absolute Gasteiger partial charge is 0.456 e. The Morgan fingerprint density at radius 3 is 2.44 bits per heavy atom. The molecule has 1 heterocycles. The average Bonchev–Trinajstić information content (AvgIpc) is 2.48. The van der Waals surface area contributed by atoms with E-state index in [9.17, 15) is 17.6 Å². The molecule has 1 fully saturated rings. The van der Waals surface area contributed by atoms with Crippen molar-refractivity contribution >= 4 is 27.6 Å². The molecule has 1 aromatic carbocycles. The molecule has 1 aliphatic heterocycles.